The molecule has 3 aliphatic carbocycles. The van der Waals surface area contributed by atoms with Crippen LogP contribution >= 0.6 is 23.2 Å². The predicted octanol–water partition coefficient (Wildman–Crippen LogP) is 6.18. The summed E-state index contributed by atoms with van der Waals surface area (Å²) in [6.07, 6.45) is 10.7. The third kappa shape index (κ3) is 3.03. The van der Waals surface area contributed by atoms with Crippen molar-refractivity contribution in [3.05, 3.63) is 39.5 Å². The fourth-order valence-corrected chi connectivity index (χ4v) is 8.04. The molecule has 4 fully saturated rings. The molecule has 1 aromatic carbocycles. The average Bonchev–Trinajstić information content (AvgIpc) is 2.90. The van der Waals surface area contributed by atoms with E-state index < -0.39 is 6.10 Å². The van der Waals surface area contributed by atoms with E-state index in [0.717, 1.165) is 53.6 Å². The zero-order valence-electron chi connectivity index (χ0n) is 17.3. The highest BCUT2D eigenvalue weighted by Crippen LogP contribution is 2.63. The molecule has 1 aliphatic heterocycles. The van der Waals surface area contributed by atoms with Crippen LogP contribution in [0.1, 0.15) is 75.1 Å². The Morgan fingerprint density at radius 1 is 1.03 bits per heavy atom. The molecule has 0 spiro atoms. The molecule has 1 aromatic heterocycles. The summed E-state index contributed by atoms with van der Waals surface area (Å²) in [6, 6.07) is 6.04. The first-order valence-electron chi connectivity index (χ1n) is 11.7. The van der Waals surface area contributed by atoms with E-state index in [1.807, 2.05) is 6.07 Å². The highest BCUT2D eigenvalue weighted by atomic mass is 35.5. The number of nitrogens with one attached hydrogen (secondary N) is 1. The van der Waals surface area contributed by atoms with Crippen LogP contribution in [-0.4, -0.2) is 22.7 Å². The predicted molar refractivity (Wildman–Crippen MR) is 122 cm³/mol. The quantitative estimate of drug-likeness (QED) is 0.593. The summed E-state index contributed by atoms with van der Waals surface area (Å²) in [5.74, 6) is 2.42. The van der Waals surface area contributed by atoms with Crippen molar-refractivity contribution in [3.8, 4) is 0 Å². The lowest BCUT2D eigenvalue weighted by Gasteiger charge is -2.45. The van der Waals surface area contributed by atoms with Gasteiger partial charge < -0.3 is 10.4 Å². The molecular formula is C25H30Cl2N2O. The maximum atomic E-state index is 11.5. The Hall–Kier alpha value is -0.870. The van der Waals surface area contributed by atoms with Gasteiger partial charge in [0.1, 0.15) is 0 Å². The van der Waals surface area contributed by atoms with Crippen molar-refractivity contribution < 1.29 is 5.11 Å². The van der Waals surface area contributed by atoms with Gasteiger partial charge in [0.2, 0.25) is 0 Å². The fraction of sp³-hybridized carbons (Fsp3) is 0.640. The van der Waals surface area contributed by atoms with E-state index in [9.17, 15) is 5.11 Å². The van der Waals surface area contributed by atoms with Crippen LogP contribution in [0.4, 0.5) is 0 Å². The van der Waals surface area contributed by atoms with Crippen LogP contribution in [0.25, 0.3) is 10.9 Å². The highest BCUT2D eigenvalue weighted by Gasteiger charge is 2.56. The van der Waals surface area contributed by atoms with Gasteiger partial charge >= 0.3 is 0 Å². The summed E-state index contributed by atoms with van der Waals surface area (Å²) >= 11 is 13.0. The molecule has 0 radical (unpaired) electrons. The Labute approximate surface area is 188 Å². The van der Waals surface area contributed by atoms with Gasteiger partial charge in [-0.05, 0) is 93.0 Å². The molecule has 3 saturated carbocycles. The SMILES string of the molecule is O[C@@H](c1cc([C@]23C[C@@H]4CC[C@@H]2C[C@@H](C4)C3)nc2c(Cl)cc(Cl)cc12)[C@@H]1CCCCN1. The second-order valence-corrected chi connectivity index (χ2v) is 11.3. The smallest absolute Gasteiger partial charge is 0.0950 e. The standard InChI is InChI=1S/C25H30Cl2N2O/c26-17-9-18-19(24(30)21-3-1-2-6-28-21)11-22(29-23(18)20(27)10-17)25-12-14-4-5-16(25)8-15(7-14)13-25/h9-11,14-16,21,24,28,30H,1-8,12-13H2/t14-,15-,16-,21+,24+,25+/m1/s1. The van der Waals surface area contributed by atoms with Crippen molar-refractivity contribution in [2.75, 3.05) is 6.54 Å². The van der Waals surface area contributed by atoms with Gasteiger partial charge in [-0.2, -0.15) is 0 Å². The van der Waals surface area contributed by atoms with Crippen LogP contribution in [0.5, 0.6) is 0 Å². The first kappa shape index (κ1) is 19.8. The normalized spacial score (nSPS) is 36.4. The molecule has 2 N–H and O–H groups in total. The summed E-state index contributed by atoms with van der Waals surface area (Å²) in [5, 5.41) is 17.1. The van der Waals surface area contributed by atoms with Gasteiger partial charge in [-0.15, -0.1) is 0 Å². The minimum atomic E-state index is -0.571. The van der Waals surface area contributed by atoms with E-state index in [1.54, 1.807) is 6.07 Å². The second-order valence-electron chi connectivity index (χ2n) is 10.4. The lowest BCUT2D eigenvalue weighted by Crippen LogP contribution is -2.41. The number of halogens is 2. The average molecular weight is 445 g/mol. The van der Waals surface area contributed by atoms with Crippen LogP contribution in [0, 0.1) is 17.8 Å². The Bertz CT molecular complexity index is 989. The molecular weight excluding hydrogens is 415 g/mol. The molecule has 2 heterocycles. The third-order valence-electron chi connectivity index (χ3n) is 8.72. The van der Waals surface area contributed by atoms with Gasteiger partial charge in [0.25, 0.3) is 0 Å². The number of piperidine rings is 1. The maximum absolute atomic E-state index is 11.5. The van der Waals surface area contributed by atoms with E-state index >= 15 is 0 Å². The fourth-order valence-electron chi connectivity index (χ4n) is 7.50. The molecule has 1 saturated heterocycles. The minimum Gasteiger partial charge on any atom is -0.387 e. The van der Waals surface area contributed by atoms with E-state index in [0.29, 0.717) is 10.0 Å². The van der Waals surface area contributed by atoms with E-state index in [-0.39, 0.29) is 11.5 Å². The molecule has 2 aromatic rings. The third-order valence-corrected chi connectivity index (χ3v) is 9.22. The molecule has 6 atom stereocenters. The van der Waals surface area contributed by atoms with Crippen molar-refractivity contribution in [2.24, 2.45) is 17.8 Å². The van der Waals surface area contributed by atoms with E-state index in [1.165, 1.54) is 50.6 Å². The number of hydrogen-bond acceptors (Lipinski definition) is 3. The number of aliphatic hydroxyl groups excluding tert-OH is 1. The molecule has 3 nitrogen and oxygen atoms in total. The number of benzene rings is 1. The number of rotatable bonds is 3. The number of fused-ring (bicyclic) bond motifs is 3. The van der Waals surface area contributed by atoms with Crippen LogP contribution in [0.3, 0.4) is 0 Å². The van der Waals surface area contributed by atoms with Gasteiger partial charge in [-0.25, -0.2) is 0 Å². The summed E-state index contributed by atoms with van der Waals surface area (Å²) < 4.78 is 0. The molecule has 30 heavy (non-hydrogen) atoms. The van der Waals surface area contributed by atoms with Crippen molar-refractivity contribution in [1.29, 1.82) is 0 Å². The zero-order valence-corrected chi connectivity index (χ0v) is 18.9. The van der Waals surface area contributed by atoms with Crippen molar-refractivity contribution in [2.45, 2.75) is 75.3 Å². The topological polar surface area (TPSA) is 45.2 Å². The van der Waals surface area contributed by atoms with Crippen LogP contribution in [0.15, 0.2) is 18.2 Å². The van der Waals surface area contributed by atoms with Gasteiger partial charge in [0.05, 0.1) is 16.6 Å². The number of aliphatic hydroxyl groups is 1. The zero-order chi connectivity index (χ0) is 20.5. The Kier molecular flexibility index (Phi) is 4.84. The number of pyridine rings is 1. The molecule has 3 bridgehead atoms. The van der Waals surface area contributed by atoms with Gasteiger partial charge in [0.15, 0.2) is 0 Å². The van der Waals surface area contributed by atoms with Crippen molar-refractivity contribution in [3.63, 3.8) is 0 Å². The highest BCUT2D eigenvalue weighted by molar-refractivity contribution is 6.38. The minimum absolute atomic E-state index is 0.0755. The number of nitrogens with zero attached hydrogens (tertiary/aromatic N) is 1. The van der Waals surface area contributed by atoms with Crippen LogP contribution < -0.4 is 5.32 Å². The summed E-state index contributed by atoms with van der Waals surface area (Å²) in [6.45, 7) is 0.967. The molecule has 160 valence electrons. The molecule has 0 amide bonds. The number of aromatic nitrogens is 1. The van der Waals surface area contributed by atoms with E-state index in [2.05, 4.69) is 11.4 Å². The summed E-state index contributed by atoms with van der Waals surface area (Å²) in [7, 11) is 0. The van der Waals surface area contributed by atoms with Gasteiger partial charge in [-0.3, -0.25) is 4.98 Å². The monoisotopic (exact) mass is 444 g/mol. The Morgan fingerprint density at radius 3 is 2.73 bits per heavy atom. The molecule has 5 heteroatoms. The molecule has 0 unspecified atom stereocenters. The lowest BCUT2D eigenvalue weighted by molar-refractivity contribution is 0.113. The first-order chi connectivity index (χ1) is 14.5. The van der Waals surface area contributed by atoms with Crippen LogP contribution in [0.2, 0.25) is 10.0 Å². The summed E-state index contributed by atoms with van der Waals surface area (Å²) in [4.78, 5) is 5.19. The molecule has 4 aliphatic rings. The van der Waals surface area contributed by atoms with Crippen molar-refractivity contribution >= 4 is 34.1 Å². The summed E-state index contributed by atoms with van der Waals surface area (Å²) in [5.41, 5.74) is 3.12. The number of hydrogen-bond donors (Lipinski definition) is 2. The lowest BCUT2D eigenvalue weighted by atomic mass is 9.60. The molecule has 6 rings (SSSR count). The van der Waals surface area contributed by atoms with Gasteiger partial charge in [-0.1, -0.05) is 36.0 Å². The van der Waals surface area contributed by atoms with Crippen molar-refractivity contribution in [1.82, 2.24) is 10.3 Å². The maximum Gasteiger partial charge on any atom is 0.0950 e. The Balaban J connectivity index is 1.52. The largest absolute Gasteiger partial charge is 0.387 e. The van der Waals surface area contributed by atoms with Gasteiger partial charge in [0, 0.05) is 27.6 Å². The Morgan fingerprint density at radius 2 is 1.90 bits per heavy atom. The second kappa shape index (κ2) is 7.33. The van der Waals surface area contributed by atoms with Crippen LogP contribution in [-0.2, 0) is 5.41 Å². The van der Waals surface area contributed by atoms with E-state index in [4.69, 9.17) is 28.2 Å². The first-order valence-corrected chi connectivity index (χ1v) is 12.5.